The Morgan fingerprint density at radius 2 is 2.27 bits per heavy atom. The summed E-state index contributed by atoms with van der Waals surface area (Å²) < 4.78 is 1.75. The molecule has 0 aromatic carbocycles. The highest BCUT2D eigenvalue weighted by Gasteiger charge is 2.07. The van der Waals surface area contributed by atoms with Gasteiger partial charge in [-0.25, -0.2) is 4.68 Å². The Morgan fingerprint density at radius 1 is 1.55 bits per heavy atom. The molecule has 4 nitrogen and oxygen atoms in total. The second-order valence-electron chi connectivity index (χ2n) is 2.17. The summed E-state index contributed by atoms with van der Waals surface area (Å²) in [5.74, 6) is 0. The minimum atomic E-state index is 0.453. The lowest BCUT2D eigenvalue weighted by Gasteiger charge is -1.97. The molecule has 1 rings (SSSR count). The number of aryl methyl sites for hydroxylation is 1. The van der Waals surface area contributed by atoms with Gasteiger partial charge in [-0.2, -0.15) is 5.26 Å². The molecule has 0 aliphatic heterocycles. The molecule has 0 radical (unpaired) electrons. The number of aromatic nitrogens is 3. The monoisotopic (exact) mass is 150 g/mol. The van der Waals surface area contributed by atoms with Crippen molar-refractivity contribution in [3.05, 3.63) is 11.4 Å². The minimum absolute atomic E-state index is 0.453. The van der Waals surface area contributed by atoms with Crippen molar-refractivity contribution in [2.75, 3.05) is 0 Å². The minimum Gasteiger partial charge on any atom is -0.248 e. The molecule has 0 bridgehead atoms. The molecule has 1 aromatic heterocycles. The van der Waals surface area contributed by atoms with Crippen LogP contribution in [0.1, 0.15) is 25.2 Å². The van der Waals surface area contributed by atoms with Gasteiger partial charge >= 0.3 is 0 Å². The van der Waals surface area contributed by atoms with Crippen molar-refractivity contribution in [3.8, 4) is 6.07 Å². The summed E-state index contributed by atoms with van der Waals surface area (Å²) in [6.45, 7) is 4.75. The Bertz CT molecular complexity index is 281. The first-order chi connectivity index (χ1) is 5.33. The molecule has 0 N–H and O–H groups in total. The lowest BCUT2D eigenvalue weighted by molar-refractivity contribution is 0.601. The van der Waals surface area contributed by atoms with E-state index in [9.17, 15) is 0 Å². The van der Waals surface area contributed by atoms with Crippen LogP contribution in [0.2, 0.25) is 0 Å². The standard InChI is InChI=1S/C7H10N4/c1-3-7-6(5-8)9-10-11(7)4-2/h3-4H2,1-2H3. The Hall–Kier alpha value is -1.37. The Morgan fingerprint density at radius 3 is 2.73 bits per heavy atom. The number of hydrogen-bond donors (Lipinski definition) is 0. The molecule has 0 atom stereocenters. The summed E-state index contributed by atoms with van der Waals surface area (Å²) in [5.41, 5.74) is 1.38. The molecule has 0 fully saturated rings. The van der Waals surface area contributed by atoms with E-state index < -0.39 is 0 Å². The van der Waals surface area contributed by atoms with E-state index in [1.165, 1.54) is 0 Å². The highest BCUT2D eigenvalue weighted by Crippen LogP contribution is 2.03. The molecule has 0 saturated carbocycles. The van der Waals surface area contributed by atoms with Gasteiger partial charge in [0.1, 0.15) is 6.07 Å². The predicted molar refractivity (Wildman–Crippen MR) is 39.8 cm³/mol. The van der Waals surface area contributed by atoms with Crippen molar-refractivity contribution in [1.82, 2.24) is 15.0 Å². The van der Waals surface area contributed by atoms with E-state index in [1.54, 1.807) is 4.68 Å². The van der Waals surface area contributed by atoms with Gasteiger partial charge < -0.3 is 0 Å². The van der Waals surface area contributed by atoms with Crippen LogP contribution < -0.4 is 0 Å². The van der Waals surface area contributed by atoms with E-state index in [2.05, 4.69) is 10.3 Å². The van der Waals surface area contributed by atoms with Crippen LogP contribution in [-0.2, 0) is 13.0 Å². The van der Waals surface area contributed by atoms with Crippen LogP contribution in [0.4, 0.5) is 0 Å². The maximum Gasteiger partial charge on any atom is 0.185 e. The van der Waals surface area contributed by atoms with Crippen molar-refractivity contribution >= 4 is 0 Å². The fraction of sp³-hybridized carbons (Fsp3) is 0.571. The molecule has 0 spiro atoms. The SMILES string of the molecule is CCc1c(C#N)nnn1CC. The van der Waals surface area contributed by atoms with Crippen LogP contribution in [0.25, 0.3) is 0 Å². The van der Waals surface area contributed by atoms with Crippen LogP contribution in [-0.4, -0.2) is 15.0 Å². The molecule has 11 heavy (non-hydrogen) atoms. The summed E-state index contributed by atoms with van der Waals surface area (Å²) in [6.07, 6.45) is 0.809. The third-order valence-electron chi connectivity index (χ3n) is 1.58. The molecule has 0 amide bonds. The first kappa shape index (κ1) is 7.73. The van der Waals surface area contributed by atoms with Crippen molar-refractivity contribution in [3.63, 3.8) is 0 Å². The molecule has 58 valence electrons. The summed E-state index contributed by atoms with van der Waals surface area (Å²) in [7, 11) is 0. The second kappa shape index (κ2) is 3.15. The van der Waals surface area contributed by atoms with Gasteiger partial charge in [0, 0.05) is 6.54 Å². The van der Waals surface area contributed by atoms with E-state index in [0.29, 0.717) is 5.69 Å². The fourth-order valence-corrected chi connectivity index (χ4v) is 1.02. The molecule has 4 heteroatoms. The quantitative estimate of drug-likeness (QED) is 0.624. The van der Waals surface area contributed by atoms with Crippen molar-refractivity contribution < 1.29 is 0 Å². The van der Waals surface area contributed by atoms with Crippen LogP contribution in [0.3, 0.4) is 0 Å². The van der Waals surface area contributed by atoms with Crippen LogP contribution in [0.5, 0.6) is 0 Å². The molecule has 1 heterocycles. The van der Waals surface area contributed by atoms with Crippen LogP contribution in [0.15, 0.2) is 0 Å². The first-order valence-electron chi connectivity index (χ1n) is 3.65. The maximum absolute atomic E-state index is 8.59. The van der Waals surface area contributed by atoms with E-state index >= 15 is 0 Å². The summed E-state index contributed by atoms with van der Waals surface area (Å²) in [6, 6.07) is 2.01. The molecule has 0 saturated heterocycles. The molecular weight excluding hydrogens is 140 g/mol. The second-order valence-corrected chi connectivity index (χ2v) is 2.17. The predicted octanol–water partition coefficient (Wildman–Crippen LogP) is 0.732. The van der Waals surface area contributed by atoms with Gasteiger partial charge in [0.05, 0.1) is 5.69 Å². The van der Waals surface area contributed by atoms with Crippen molar-refractivity contribution in [2.24, 2.45) is 0 Å². The topological polar surface area (TPSA) is 54.5 Å². The normalized spacial score (nSPS) is 9.55. The number of nitrogens with zero attached hydrogens (tertiary/aromatic N) is 4. The highest BCUT2D eigenvalue weighted by molar-refractivity contribution is 5.24. The largest absolute Gasteiger partial charge is 0.248 e. The average molecular weight is 150 g/mol. The molecule has 0 aliphatic rings. The highest BCUT2D eigenvalue weighted by atomic mass is 15.4. The van der Waals surface area contributed by atoms with Gasteiger partial charge in [0.25, 0.3) is 0 Å². The average Bonchev–Trinajstić information content (AvgIpc) is 2.45. The summed E-state index contributed by atoms with van der Waals surface area (Å²) >= 11 is 0. The Kier molecular flexibility index (Phi) is 2.21. The fourth-order valence-electron chi connectivity index (χ4n) is 1.02. The Balaban J connectivity index is 3.12. The van der Waals surface area contributed by atoms with Gasteiger partial charge in [-0.3, -0.25) is 0 Å². The van der Waals surface area contributed by atoms with E-state index in [4.69, 9.17) is 5.26 Å². The molecule has 1 aromatic rings. The molecule has 0 aliphatic carbocycles. The van der Waals surface area contributed by atoms with E-state index in [0.717, 1.165) is 18.7 Å². The summed E-state index contributed by atoms with van der Waals surface area (Å²) in [5, 5.41) is 16.1. The van der Waals surface area contributed by atoms with Crippen molar-refractivity contribution in [1.29, 1.82) is 5.26 Å². The van der Waals surface area contributed by atoms with Gasteiger partial charge in [0.15, 0.2) is 5.69 Å². The zero-order chi connectivity index (χ0) is 8.27. The molecule has 0 unspecified atom stereocenters. The lowest BCUT2D eigenvalue weighted by Crippen LogP contribution is -2.01. The van der Waals surface area contributed by atoms with Crippen molar-refractivity contribution in [2.45, 2.75) is 26.8 Å². The summed E-state index contributed by atoms with van der Waals surface area (Å²) in [4.78, 5) is 0. The Labute approximate surface area is 65.4 Å². The van der Waals surface area contributed by atoms with Gasteiger partial charge in [-0.15, -0.1) is 5.10 Å². The maximum atomic E-state index is 8.59. The third-order valence-corrected chi connectivity index (χ3v) is 1.58. The van der Waals surface area contributed by atoms with E-state index in [1.807, 2.05) is 19.9 Å². The first-order valence-corrected chi connectivity index (χ1v) is 3.65. The lowest BCUT2D eigenvalue weighted by atomic mass is 10.3. The smallest absolute Gasteiger partial charge is 0.185 e. The van der Waals surface area contributed by atoms with Gasteiger partial charge in [-0.05, 0) is 13.3 Å². The zero-order valence-corrected chi connectivity index (χ0v) is 6.70. The van der Waals surface area contributed by atoms with Gasteiger partial charge in [0.2, 0.25) is 0 Å². The van der Waals surface area contributed by atoms with Crippen LogP contribution in [0, 0.1) is 11.3 Å². The van der Waals surface area contributed by atoms with Gasteiger partial charge in [-0.1, -0.05) is 12.1 Å². The number of hydrogen-bond acceptors (Lipinski definition) is 3. The number of nitriles is 1. The zero-order valence-electron chi connectivity index (χ0n) is 6.70. The number of rotatable bonds is 2. The third kappa shape index (κ3) is 1.22. The van der Waals surface area contributed by atoms with Crippen LogP contribution >= 0.6 is 0 Å². The molecular formula is C7H10N4. The van der Waals surface area contributed by atoms with E-state index in [-0.39, 0.29) is 0 Å².